The highest BCUT2D eigenvalue weighted by molar-refractivity contribution is 7.92. The minimum atomic E-state index is -4.70. The van der Waals surface area contributed by atoms with Gasteiger partial charge in [-0.3, -0.25) is 13.9 Å². The summed E-state index contributed by atoms with van der Waals surface area (Å²) in [5, 5.41) is 2.94. The first-order valence-corrected chi connectivity index (χ1v) is 12.4. The molecule has 12 heteroatoms. The third-order valence-corrected chi connectivity index (χ3v) is 6.43. The number of likely N-dealkylation sites (N-methyl/N-ethyl adjacent to an activating group) is 1. The van der Waals surface area contributed by atoms with Crippen molar-refractivity contribution in [3.8, 4) is 0 Å². The zero-order valence-electron chi connectivity index (χ0n) is 18.8. The number of sulfonamides is 1. The molecule has 0 saturated heterocycles. The molecular formula is C22H25ClF3N3O4S. The second-order valence-corrected chi connectivity index (χ2v) is 9.85. The van der Waals surface area contributed by atoms with Crippen LogP contribution in [0.4, 0.5) is 18.9 Å². The van der Waals surface area contributed by atoms with Crippen molar-refractivity contribution in [2.75, 3.05) is 24.2 Å². The second-order valence-electron chi connectivity index (χ2n) is 7.50. The van der Waals surface area contributed by atoms with Crippen molar-refractivity contribution >= 4 is 39.1 Å². The van der Waals surface area contributed by atoms with E-state index >= 15 is 0 Å². The van der Waals surface area contributed by atoms with Crippen LogP contribution >= 0.6 is 11.6 Å². The Balaban J connectivity index is 2.46. The molecule has 1 N–H and O–H groups in total. The standard InChI is InChI=1S/C22H25ClF3N3O4S/c1-4-19(21(31)27-2)28(13-15-8-10-17(23)11-9-15)20(30)14-29(34(3,32)33)18-7-5-6-16(12-18)22(24,25)26/h5-12,19H,4,13-14H2,1-3H3,(H,27,31)/t19-/m1/s1. The molecule has 2 aromatic carbocycles. The maximum Gasteiger partial charge on any atom is 0.416 e. The van der Waals surface area contributed by atoms with Gasteiger partial charge in [-0.2, -0.15) is 13.2 Å². The smallest absolute Gasteiger partial charge is 0.357 e. The Labute approximate surface area is 201 Å². The van der Waals surface area contributed by atoms with Gasteiger partial charge in [0.25, 0.3) is 0 Å². The monoisotopic (exact) mass is 519 g/mol. The van der Waals surface area contributed by atoms with Gasteiger partial charge in [0, 0.05) is 18.6 Å². The van der Waals surface area contributed by atoms with Gasteiger partial charge in [-0.1, -0.05) is 36.7 Å². The van der Waals surface area contributed by atoms with Crippen LogP contribution in [0.25, 0.3) is 0 Å². The average Bonchev–Trinajstić information content (AvgIpc) is 2.77. The fourth-order valence-electron chi connectivity index (χ4n) is 3.32. The van der Waals surface area contributed by atoms with Crippen LogP contribution in [0.1, 0.15) is 24.5 Å². The van der Waals surface area contributed by atoms with Gasteiger partial charge in [0.2, 0.25) is 21.8 Å². The van der Waals surface area contributed by atoms with Crippen LogP contribution in [-0.2, 0) is 32.3 Å². The number of carbonyl (C=O) groups is 2. The van der Waals surface area contributed by atoms with Crippen LogP contribution in [-0.4, -0.2) is 51.0 Å². The van der Waals surface area contributed by atoms with Gasteiger partial charge < -0.3 is 10.2 Å². The summed E-state index contributed by atoms with van der Waals surface area (Å²) in [6, 6.07) is 9.27. The largest absolute Gasteiger partial charge is 0.416 e. The lowest BCUT2D eigenvalue weighted by Crippen LogP contribution is -2.51. The number of hydrogen-bond acceptors (Lipinski definition) is 4. The quantitative estimate of drug-likeness (QED) is 0.547. The lowest BCUT2D eigenvalue weighted by molar-refractivity contribution is -0.140. The number of carbonyl (C=O) groups excluding carboxylic acids is 2. The number of rotatable bonds is 9. The Morgan fingerprint density at radius 2 is 1.74 bits per heavy atom. The van der Waals surface area contributed by atoms with E-state index in [1.165, 1.54) is 18.0 Å². The summed E-state index contributed by atoms with van der Waals surface area (Å²) >= 11 is 5.91. The summed E-state index contributed by atoms with van der Waals surface area (Å²) < 4.78 is 65.0. The fourth-order valence-corrected chi connectivity index (χ4v) is 4.29. The van der Waals surface area contributed by atoms with E-state index in [0.29, 0.717) is 21.0 Å². The summed E-state index contributed by atoms with van der Waals surface area (Å²) in [6.07, 6.45) is -3.68. The molecular weight excluding hydrogens is 495 g/mol. The zero-order chi connectivity index (χ0) is 25.7. The van der Waals surface area contributed by atoms with Crippen molar-refractivity contribution in [1.82, 2.24) is 10.2 Å². The van der Waals surface area contributed by atoms with Crippen LogP contribution in [0.3, 0.4) is 0 Å². The van der Waals surface area contributed by atoms with Crippen molar-refractivity contribution in [1.29, 1.82) is 0 Å². The molecule has 0 bridgehead atoms. The topological polar surface area (TPSA) is 86.8 Å². The molecule has 0 aliphatic heterocycles. The number of alkyl halides is 3. The highest BCUT2D eigenvalue weighted by Crippen LogP contribution is 2.32. The van der Waals surface area contributed by atoms with E-state index < -0.39 is 46.2 Å². The molecule has 0 heterocycles. The van der Waals surface area contributed by atoms with Gasteiger partial charge >= 0.3 is 6.18 Å². The number of nitrogens with zero attached hydrogens (tertiary/aromatic N) is 2. The molecule has 1 atom stereocenters. The molecule has 7 nitrogen and oxygen atoms in total. The molecule has 2 aromatic rings. The van der Waals surface area contributed by atoms with Crippen molar-refractivity contribution < 1.29 is 31.2 Å². The van der Waals surface area contributed by atoms with Crippen LogP contribution in [0, 0.1) is 0 Å². The first kappa shape index (κ1) is 27.5. The van der Waals surface area contributed by atoms with Gasteiger partial charge in [-0.25, -0.2) is 8.42 Å². The molecule has 0 aromatic heterocycles. The fraction of sp³-hybridized carbons (Fsp3) is 0.364. The van der Waals surface area contributed by atoms with Crippen molar-refractivity contribution in [3.63, 3.8) is 0 Å². The summed E-state index contributed by atoms with van der Waals surface area (Å²) in [6.45, 7) is 0.854. The number of hydrogen-bond donors (Lipinski definition) is 1. The van der Waals surface area contributed by atoms with E-state index in [2.05, 4.69) is 5.32 Å². The maximum absolute atomic E-state index is 13.3. The molecule has 0 spiro atoms. The van der Waals surface area contributed by atoms with Crippen LogP contribution in [0.15, 0.2) is 48.5 Å². The molecule has 0 aliphatic rings. The van der Waals surface area contributed by atoms with E-state index in [0.717, 1.165) is 18.4 Å². The highest BCUT2D eigenvalue weighted by atomic mass is 35.5. The Bertz CT molecular complexity index is 1120. The van der Waals surface area contributed by atoms with Gasteiger partial charge in [0.05, 0.1) is 17.5 Å². The van der Waals surface area contributed by atoms with Crippen molar-refractivity contribution in [2.45, 2.75) is 32.1 Å². The Morgan fingerprint density at radius 3 is 2.24 bits per heavy atom. The summed E-state index contributed by atoms with van der Waals surface area (Å²) in [5.41, 5.74) is -0.740. The maximum atomic E-state index is 13.3. The molecule has 0 saturated carbocycles. The number of anilines is 1. The van der Waals surface area contributed by atoms with E-state index in [-0.39, 0.29) is 18.7 Å². The van der Waals surface area contributed by atoms with E-state index in [9.17, 15) is 31.2 Å². The molecule has 0 unspecified atom stereocenters. The molecule has 0 fully saturated rings. The highest BCUT2D eigenvalue weighted by Gasteiger charge is 2.34. The number of halogens is 4. The third-order valence-electron chi connectivity index (χ3n) is 5.04. The third kappa shape index (κ3) is 7.10. The van der Waals surface area contributed by atoms with E-state index in [1.54, 1.807) is 31.2 Å². The SMILES string of the molecule is CC[C@H](C(=O)NC)N(Cc1ccc(Cl)cc1)C(=O)CN(c1cccc(C(F)(F)F)c1)S(C)(=O)=O. The predicted molar refractivity (Wildman–Crippen MR) is 124 cm³/mol. The average molecular weight is 520 g/mol. The van der Waals surface area contributed by atoms with Gasteiger partial charge in [0.15, 0.2) is 0 Å². The lowest BCUT2D eigenvalue weighted by atomic mass is 10.1. The van der Waals surface area contributed by atoms with E-state index in [1.807, 2.05) is 0 Å². The normalized spacial score (nSPS) is 12.7. The Morgan fingerprint density at radius 1 is 1.12 bits per heavy atom. The number of nitrogens with one attached hydrogen (secondary N) is 1. The van der Waals surface area contributed by atoms with Crippen LogP contribution < -0.4 is 9.62 Å². The van der Waals surface area contributed by atoms with Crippen LogP contribution in [0.5, 0.6) is 0 Å². The van der Waals surface area contributed by atoms with Crippen LogP contribution in [0.2, 0.25) is 5.02 Å². The van der Waals surface area contributed by atoms with Gasteiger partial charge in [0.1, 0.15) is 12.6 Å². The Hall–Kier alpha value is -2.79. The lowest BCUT2D eigenvalue weighted by Gasteiger charge is -2.32. The molecule has 186 valence electrons. The molecule has 2 rings (SSSR count). The molecule has 34 heavy (non-hydrogen) atoms. The minimum absolute atomic E-state index is 0.0396. The molecule has 0 aliphatic carbocycles. The summed E-state index contributed by atoms with van der Waals surface area (Å²) in [5.74, 6) is -1.22. The van der Waals surface area contributed by atoms with Gasteiger partial charge in [-0.05, 0) is 42.3 Å². The first-order valence-electron chi connectivity index (χ1n) is 10.2. The van der Waals surface area contributed by atoms with Gasteiger partial charge in [-0.15, -0.1) is 0 Å². The van der Waals surface area contributed by atoms with Crippen molar-refractivity contribution in [2.24, 2.45) is 0 Å². The second kappa shape index (κ2) is 11.1. The first-order chi connectivity index (χ1) is 15.8. The predicted octanol–water partition coefficient (Wildman–Crippen LogP) is 3.68. The summed E-state index contributed by atoms with van der Waals surface area (Å²) in [7, 11) is -2.74. The zero-order valence-corrected chi connectivity index (χ0v) is 20.3. The molecule has 0 radical (unpaired) electrons. The minimum Gasteiger partial charge on any atom is -0.357 e. The number of amides is 2. The van der Waals surface area contributed by atoms with Crippen molar-refractivity contribution in [3.05, 3.63) is 64.7 Å². The number of benzene rings is 2. The molecule has 2 amide bonds. The summed E-state index contributed by atoms with van der Waals surface area (Å²) in [4.78, 5) is 27.0. The Kier molecular flexibility index (Phi) is 8.96. The van der Waals surface area contributed by atoms with E-state index in [4.69, 9.17) is 11.6 Å².